The van der Waals surface area contributed by atoms with Crippen molar-refractivity contribution in [2.24, 2.45) is 5.41 Å². The van der Waals surface area contributed by atoms with Crippen molar-refractivity contribution in [3.8, 4) is 11.4 Å². The van der Waals surface area contributed by atoms with E-state index in [1.807, 2.05) is 17.0 Å². The molecule has 1 amide bonds. The van der Waals surface area contributed by atoms with Gasteiger partial charge < -0.3 is 19.4 Å². The standard InChI is InChI=1S/C21H29N5O3/c1-25-14-17(27)12-21(15-25)7-10-26(11-8-21)19(28)6-2-5-18-23-20(24-29-18)16-4-3-9-22-13-16/h3-4,9,13,17,27H,2,5-8,10-12,14-15H2,1H3. The molecule has 29 heavy (non-hydrogen) atoms. The van der Waals surface area contributed by atoms with Crippen molar-refractivity contribution in [1.82, 2.24) is 24.9 Å². The van der Waals surface area contributed by atoms with Crippen LogP contribution in [0.1, 0.15) is 38.0 Å². The number of piperidine rings is 2. The monoisotopic (exact) mass is 399 g/mol. The minimum Gasteiger partial charge on any atom is -0.392 e. The van der Waals surface area contributed by atoms with Crippen LogP contribution in [0.3, 0.4) is 0 Å². The first kappa shape index (κ1) is 20.0. The van der Waals surface area contributed by atoms with Gasteiger partial charge in [0.1, 0.15) is 0 Å². The van der Waals surface area contributed by atoms with Gasteiger partial charge in [0.25, 0.3) is 0 Å². The van der Waals surface area contributed by atoms with Gasteiger partial charge in [-0.3, -0.25) is 9.78 Å². The number of carbonyl (C=O) groups excluding carboxylic acids is 1. The Balaban J connectivity index is 1.22. The molecule has 0 saturated carbocycles. The molecule has 2 aromatic rings. The average molecular weight is 399 g/mol. The molecule has 2 aromatic heterocycles. The molecule has 8 heteroatoms. The SMILES string of the molecule is CN1CC(O)CC2(CCN(C(=O)CCCc3nc(-c4cccnc4)no3)CC2)C1. The first-order valence-electron chi connectivity index (χ1n) is 10.4. The van der Waals surface area contributed by atoms with Crippen molar-refractivity contribution >= 4 is 5.91 Å². The fourth-order valence-corrected chi connectivity index (χ4v) is 4.74. The molecule has 2 fully saturated rings. The predicted molar refractivity (Wildman–Crippen MR) is 107 cm³/mol. The molecule has 2 aliphatic heterocycles. The van der Waals surface area contributed by atoms with Crippen LogP contribution in [-0.4, -0.2) is 75.3 Å². The van der Waals surface area contributed by atoms with Crippen LogP contribution in [0.4, 0.5) is 0 Å². The molecule has 1 atom stereocenters. The fraction of sp³-hybridized carbons (Fsp3) is 0.619. The van der Waals surface area contributed by atoms with E-state index < -0.39 is 0 Å². The molecule has 0 bridgehead atoms. The molecule has 0 aliphatic carbocycles. The molecule has 1 N–H and O–H groups in total. The highest BCUT2D eigenvalue weighted by Crippen LogP contribution is 2.39. The van der Waals surface area contributed by atoms with Gasteiger partial charge >= 0.3 is 0 Å². The van der Waals surface area contributed by atoms with Gasteiger partial charge in [-0.2, -0.15) is 4.98 Å². The first-order valence-corrected chi connectivity index (χ1v) is 10.4. The van der Waals surface area contributed by atoms with Crippen LogP contribution in [0.2, 0.25) is 0 Å². The van der Waals surface area contributed by atoms with E-state index in [4.69, 9.17) is 4.52 Å². The van der Waals surface area contributed by atoms with Crippen LogP contribution in [0.5, 0.6) is 0 Å². The van der Waals surface area contributed by atoms with E-state index in [9.17, 15) is 9.90 Å². The molecule has 1 spiro atoms. The number of pyridine rings is 1. The van der Waals surface area contributed by atoms with Crippen molar-refractivity contribution in [1.29, 1.82) is 0 Å². The average Bonchev–Trinajstić information content (AvgIpc) is 3.17. The maximum absolute atomic E-state index is 12.6. The van der Waals surface area contributed by atoms with Crippen LogP contribution < -0.4 is 0 Å². The second kappa shape index (κ2) is 8.59. The number of aliphatic hydroxyl groups is 1. The lowest BCUT2D eigenvalue weighted by Gasteiger charge is -2.48. The molecular weight excluding hydrogens is 370 g/mol. The Hall–Kier alpha value is -2.32. The van der Waals surface area contributed by atoms with Crippen LogP contribution in [0, 0.1) is 5.41 Å². The van der Waals surface area contributed by atoms with E-state index in [-0.39, 0.29) is 17.4 Å². The molecule has 4 rings (SSSR count). The largest absolute Gasteiger partial charge is 0.392 e. The number of rotatable bonds is 5. The van der Waals surface area contributed by atoms with E-state index in [1.54, 1.807) is 12.4 Å². The Morgan fingerprint density at radius 1 is 1.38 bits per heavy atom. The number of aromatic nitrogens is 3. The topological polar surface area (TPSA) is 95.6 Å². The van der Waals surface area contributed by atoms with Gasteiger partial charge in [0, 0.05) is 57.0 Å². The molecule has 2 saturated heterocycles. The van der Waals surface area contributed by atoms with E-state index in [0.29, 0.717) is 31.0 Å². The quantitative estimate of drug-likeness (QED) is 0.818. The molecule has 0 radical (unpaired) electrons. The summed E-state index contributed by atoms with van der Waals surface area (Å²) in [5, 5.41) is 14.1. The van der Waals surface area contributed by atoms with Gasteiger partial charge in [-0.25, -0.2) is 0 Å². The third-order valence-corrected chi connectivity index (χ3v) is 6.14. The zero-order valence-electron chi connectivity index (χ0n) is 17.0. The summed E-state index contributed by atoms with van der Waals surface area (Å²) in [6, 6.07) is 3.72. The normalized spacial score (nSPS) is 22.1. The van der Waals surface area contributed by atoms with Gasteiger partial charge in [-0.15, -0.1) is 0 Å². The minimum atomic E-state index is -0.248. The predicted octanol–water partition coefficient (Wildman–Crippen LogP) is 1.76. The Morgan fingerprint density at radius 3 is 2.93 bits per heavy atom. The summed E-state index contributed by atoms with van der Waals surface area (Å²) < 4.78 is 5.30. The molecule has 156 valence electrons. The number of aliphatic hydroxyl groups excluding tert-OH is 1. The molecule has 0 aromatic carbocycles. The summed E-state index contributed by atoms with van der Waals surface area (Å²) in [5.74, 6) is 1.27. The Morgan fingerprint density at radius 2 is 2.21 bits per heavy atom. The summed E-state index contributed by atoms with van der Waals surface area (Å²) in [4.78, 5) is 25.2. The van der Waals surface area contributed by atoms with Crippen LogP contribution in [0.25, 0.3) is 11.4 Å². The van der Waals surface area contributed by atoms with Crippen molar-refractivity contribution in [3.05, 3.63) is 30.4 Å². The molecular formula is C21H29N5O3. The summed E-state index contributed by atoms with van der Waals surface area (Å²) in [6.45, 7) is 3.33. The third-order valence-electron chi connectivity index (χ3n) is 6.14. The number of hydrogen-bond acceptors (Lipinski definition) is 7. The van der Waals surface area contributed by atoms with Crippen LogP contribution in [0.15, 0.2) is 29.0 Å². The zero-order chi connectivity index (χ0) is 20.3. The fourth-order valence-electron chi connectivity index (χ4n) is 4.74. The number of hydrogen-bond donors (Lipinski definition) is 1. The summed E-state index contributed by atoms with van der Waals surface area (Å²) >= 11 is 0. The number of carbonyl (C=O) groups is 1. The summed E-state index contributed by atoms with van der Waals surface area (Å²) in [5.41, 5.74) is 0.981. The number of β-amino-alcohol motifs (C(OH)–C–C–N with tert-alkyl or cyclic N) is 1. The number of aryl methyl sites for hydroxylation is 1. The van der Waals surface area contributed by atoms with E-state index in [2.05, 4.69) is 27.1 Å². The maximum atomic E-state index is 12.6. The number of likely N-dealkylation sites (N-methyl/N-ethyl adjacent to an activating group) is 1. The van der Waals surface area contributed by atoms with Gasteiger partial charge in [0.05, 0.1) is 6.10 Å². The summed E-state index contributed by atoms with van der Waals surface area (Å²) in [6.07, 6.45) is 7.72. The number of nitrogens with zero attached hydrogens (tertiary/aromatic N) is 5. The van der Waals surface area contributed by atoms with Gasteiger partial charge in [0.2, 0.25) is 17.6 Å². The first-order chi connectivity index (χ1) is 14.0. The molecule has 2 aliphatic rings. The Bertz CT molecular complexity index is 805. The third kappa shape index (κ3) is 4.82. The van der Waals surface area contributed by atoms with Crippen LogP contribution >= 0.6 is 0 Å². The van der Waals surface area contributed by atoms with Crippen molar-refractivity contribution in [2.45, 2.75) is 44.6 Å². The van der Waals surface area contributed by atoms with E-state index >= 15 is 0 Å². The highest BCUT2D eigenvalue weighted by molar-refractivity contribution is 5.76. The number of amides is 1. The Kier molecular flexibility index (Phi) is 5.91. The van der Waals surface area contributed by atoms with E-state index in [1.165, 1.54) is 0 Å². The highest BCUT2D eigenvalue weighted by atomic mass is 16.5. The minimum absolute atomic E-state index is 0.162. The van der Waals surface area contributed by atoms with Crippen molar-refractivity contribution < 1.29 is 14.4 Å². The lowest BCUT2D eigenvalue weighted by molar-refractivity contribution is -0.135. The van der Waals surface area contributed by atoms with Crippen molar-refractivity contribution in [2.75, 3.05) is 33.2 Å². The molecule has 4 heterocycles. The van der Waals surface area contributed by atoms with Crippen LogP contribution in [-0.2, 0) is 11.2 Å². The zero-order valence-corrected chi connectivity index (χ0v) is 17.0. The van der Waals surface area contributed by atoms with Gasteiger partial charge in [0.15, 0.2) is 0 Å². The highest BCUT2D eigenvalue weighted by Gasteiger charge is 2.41. The van der Waals surface area contributed by atoms with Gasteiger partial charge in [-0.05, 0) is 50.3 Å². The van der Waals surface area contributed by atoms with E-state index in [0.717, 1.165) is 51.0 Å². The second-order valence-corrected chi connectivity index (χ2v) is 8.54. The lowest BCUT2D eigenvalue weighted by atomic mass is 9.71. The summed E-state index contributed by atoms with van der Waals surface area (Å²) in [7, 11) is 2.07. The molecule has 8 nitrogen and oxygen atoms in total. The van der Waals surface area contributed by atoms with Crippen molar-refractivity contribution in [3.63, 3.8) is 0 Å². The smallest absolute Gasteiger partial charge is 0.226 e. The number of likely N-dealkylation sites (tertiary alicyclic amines) is 2. The lowest BCUT2D eigenvalue weighted by Crippen LogP contribution is -2.53. The second-order valence-electron chi connectivity index (χ2n) is 8.54. The molecule has 1 unspecified atom stereocenters. The Labute approximate surface area is 170 Å². The maximum Gasteiger partial charge on any atom is 0.226 e. The van der Waals surface area contributed by atoms with Gasteiger partial charge in [-0.1, -0.05) is 5.16 Å².